The van der Waals surface area contributed by atoms with E-state index in [2.05, 4.69) is 34.7 Å². The van der Waals surface area contributed by atoms with Gasteiger partial charge in [-0.05, 0) is 89.9 Å². The standard InChI is InChI=1S/C24H44N4O2/c1-16-4-5-17(2)28(16)23(29)19-6-10-21(11-7-19)27-24-25-14-20(15-26-24)18-8-12-22(30-3)13-9-18/h16-22,24-27H,4-15H2,1-3H3. The number of nitrogens with zero attached hydrogens (tertiary/aromatic N) is 1. The van der Waals surface area contributed by atoms with Crippen LogP contribution in [0.4, 0.5) is 0 Å². The van der Waals surface area contributed by atoms with E-state index in [4.69, 9.17) is 4.74 Å². The first-order chi connectivity index (χ1) is 14.5. The van der Waals surface area contributed by atoms with Crippen LogP contribution in [0, 0.1) is 17.8 Å². The maximum atomic E-state index is 13.0. The Kier molecular flexibility index (Phi) is 7.71. The van der Waals surface area contributed by atoms with Crippen LogP contribution in [0.25, 0.3) is 0 Å². The lowest BCUT2D eigenvalue weighted by molar-refractivity contribution is -0.139. The molecular weight excluding hydrogens is 376 g/mol. The van der Waals surface area contributed by atoms with E-state index in [1.807, 2.05) is 7.11 Å². The molecule has 2 aliphatic heterocycles. The summed E-state index contributed by atoms with van der Waals surface area (Å²) in [6, 6.07) is 1.37. The number of nitrogens with one attached hydrogen (secondary N) is 3. The third-order valence-electron chi connectivity index (χ3n) is 8.57. The topological polar surface area (TPSA) is 65.6 Å². The summed E-state index contributed by atoms with van der Waals surface area (Å²) in [7, 11) is 1.85. The molecule has 0 aromatic carbocycles. The van der Waals surface area contributed by atoms with Gasteiger partial charge in [0.15, 0.2) is 0 Å². The molecule has 6 heteroatoms. The fourth-order valence-electron chi connectivity index (χ4n) is 6.51. The highest BCUT2D eigenvalue weighted by Crippen LogP contribution is 2.33. The average molecular weight is 421 g/mol. The minimum Gasteiger partial charge on any atom is -0.381 e. The van der Waals surface area contributed by atoms with Crippen molar-refractivity contribution < 1.29 is 9.53 Å². The van der Waals surface area contributed by atoms with Gasteiger partial charge in [0.05, 0.1) is 6.10 Å². The van der Waals surface area contributed by atoms with Crippen molar-refractivity contribution in [2.24, 2.45) is 17.8 Å². The second-order valence-electron chi connectivity index (χ2n) is 10.5. The Balaban J connectivity index is 1.15. The van der Waals surface area contributed by atoms with Crippen LogP contribution < -0.4 is 16.0 Å². The summed E-state index contributed by atoms with van der Waals surface area (Å²) in [4.78, 5) is 15.2. The molecule has 0 radical (unpaired) electrons. The SMILES string of the molecule is COC1CCC(C2CNC(NC3CCC(C(=O)N4C(C)CCC4C)CC3)NC2)CC1. The van der Waals surface area contributed by atoms with E-state index in [0.717, 1.165) is 63.5 Å². The molecular formula is C24H44N4O2. The molecule has 172 valence electrons. The Bertz CT molecular complexity index is 539. The molecule has 0 spiro atoms. The third kappa shape index (κ3) is 5.20. The van der Waals surface area contributed by atoms with Crippen molar-refractivity contribution in [3.8, 4) is 0 Å². The maximum absolute atomic E-state index is 13.0. The third-order valence-corrected chi connectivity index (χ3v) is 8.57. The van der Waals surface area contributed by atoms with Crippen LogP contribution in [0.2, 0.25) is 0 Å². The van der Waals surface area contributed by atoms with Crippen molar-refractivity contribution in [2.45, 2.75) is 109 Å². The molecule has 2 atom stereocenters. The Morgan fingerprint density at radius 1 is 0.833 bits per heavy atom. The Labute approximate surface area is 183 Å². The van der Waals surface area contributed by atoms with Crippen LogP contribution in [0.5, 0.6) is 0 Å². The molecule has 0 bridgehead atoms. The van der Waals surface area contributed by atoms with Crippen molar-refractivity contribution >= 4 is 5.91 Å². The quantitative estimate of drug-likeness (QED) is 0.638. The van der Waals surface area contributed by atoms with Gasteiger partial charge >= 0.3 is 0 Å². The summed E-state index contributed by atoms with van der Waals surface area (Å²) in [5, 5.41) is 11.2. The zero-order valence-corrected chi connectivity index (χ0v) is 19.4. The van der Waals surface area contributed by atoms with Crippen LogP contribution in [0.15, 0.2) is 0 Å². The Hall–Kier alpha value is -0.690. The number of carbonyl (C=O) groups excluding carboxylic acids is 1. The van der Waals surface area contributed by atoms with Gasteiger partial charge in [-0.2, -0.15) is 0 Å². The first-order valence-corrected chi connectivity index (χ1v) is 12.6. The van der Waals surface area contributed by atoms with Gasteiger partial charge in [-0.3, -0.25) is 20.7 Å². The first-order valence-electron chi connectivity index (χ1n) is 12.6. The molecule has 6 nitrogen and oxygen atoms in total. The van der Waals surface area contributed by atoms with Crippen LogP contribution in [0.3, 0.4) is 0 Å². The van der Waals surface area contributed by atoms with Gasteiger partial charge in [-0.25, -0.2) is 0 Å². The summed E-state index contributed by atoms with van der Waals surface area (Å²) in [5.41, 5.74) is 0. The second-order valence-corrected chi connectivity index (χ2v) is 10.5. The van der Waals surface area contributed by atoms with Gasteiger partial charge in [0.2, 0.25) is 5.91 Å². The van der Waals surface area contributed by atoms with Crippen LogP contribution in [-0.2, 0) is 9.53 Å². The highest BCUT2D eigenvalue weighted by molar-refractivity contribution is 5.79. The fraction of sp³-hybridized carbons (Fsp3) is 0.958. The van der Waals surface area contributed by atoms with Crippen LogP contribution >= 0.6 is 0 Å². The molecule has 2 unspecified atom stereocenters. The van der Waals surface area contributed by atoms with E-state index >= 15 is 0 Å². The number of ether oxygens (including phenoxy) is 1. The van der Waals surface area contributed by atoms with Crippen molar-refractivity contribution in [3.05, 3.63) is 0 Å². The maximum Gasteiger partial charge on any atom is 0.226 e. The lowest BCUT2D eigenvalue weighted by Crippen LogP contribution is -2.63. The van der Waals surface area contributed by atoms with Gasteiger partial charge in [-0.1, -0.05) is 0 Å². The number of methoxy groups -OCH3 is 1. The first kappa shape index (κ1) is 22.5. The normalized spacial score (nSPS) is 43.0. The van der Waals surface area contributed by atoms with Gasteiger partial charge in [0, 0.05) is 44.2 Å². The second kappa shape index (κ2) is 10.3. The van der Waals surface area contributed by atoms with Crippen LogP contribution in [0.1, 0.15) is 78.1 Å². The van der Waals surface area contributed by atoms with Crippen LogP contribution in [-0.4, -0.2) is 61.5 Å². The summed E-state index contributed by atoms with van der Waals surface area (Å²) < 4.78 is 5.52. The van der Waals surface area contributed by atoms with Crippen molar-refractivity contribution in [2.75, 3.05) is 20.2 Å². The molecule has 2 saturated heterocycles. The molecule has 0 aromatic rings. The number of carbonyl (C=O) groups is 1. The highest BCUT2D eigenvalue weighted by Gasteiger charge is 2.37. The lowest BCUT2D eigenvalue weighted by atomic mass is 9.78. The van der Waals surface area contributed by atoms with Gasteiger partial charge in [0.1, 0.15) is 6.29 Å². The zero-order chi connectivity index (χ0) is 21.1. The largest absolute Gasteiger partial charge is 0.381 e. The number of rotatable bonds is 5. The van der Waals surface area contributed by atoms with Gasteiger partial charge in [0.25, 0.3) is 0 Å². The van der Waals surface area contributed by atoms with Crippen molar-refractivity contribution in [1.82, 2.24) is 20.9 Å². The van der Waals surface area contributed by atoms with E-state index in [0.29, 0.717) is 30.1 Å². The molecule has 1 amide bonds. The minimum atomic E-state index is 0.215. The molecule has 4 fully saturated rings. The number of likely N-dealkylation sites (tertiary alicyclic amines) is 1. The van der Waals surface area contributed by atoms with Crippen molar-refractivity contribution in [3.63, 3.8) is 0 Å². The molecule has 4 aliphatic rings. The summed E-state index contributed by atoms with van der Waals surface area (Å²) >= 11 is 0. The van der Waals surface area contributed by atoms with E-state index in [-0.39, 0.29) is 12.2 Å². The predicted octanol–water partition coefficient (Wildman–Crippen LogP) is 2.83. The number of hydrogen-bond acceptors (Lipinski definition) is 5. The molecule has 2 saturated carbocycles. The monoisotopic (exact) mass is 420 g/mol. The Morgan fingerprint density at radius 2 is 1.43 bits per heavy atom. The molecule has 0 aromatic heterocycles. The molecule has 4 rings (SSSR count). The number of amides is 1. The fourth-order valence-corrected chi connectivity index (χ4v) is 6.51. The van der Waals surface area contributed by atoms with Gasteiger partial charge < -0.3 is 9.64 Å². The molecule has 3 N–H and O–H groups in total. The summed E-state index contributed by atoms with van der Waals surface area (Å²) in [5.74, 6) is 2.23. The number of hydrogen-bond donors (Lipinski definition) is 3. The highest BCUT2D eigenvalue weighted by atomic mass is 16.5. The van der Waals surface area contributed by atoms with E-state index < -0.39 is 0 Å². The average Bonchev–Trinajstić information content (AvgIpc) is 3.12. The van der Waals surface area contributed by atoms with Gasteiger partial charge in [-0.15, -0.1) is 0 Å². The van der Waals surface area contributed by atoms with E-state index in [1.165, 1.54) is 25.7 Å². The summed E-state index contributed by atoms with van der Waals surface area (Å²) in [6.45, 7) is 6.63. The molecule has 30 heavy (non-hydrogen) atoms. The van der Waals surface area contributed by atoms with E-state index in [1.54, 1.807) is 0 Å². The smallest absolute Gasteiger partial charge is 0.226 e. The minimum absolute atomic E-state index is 0.215. The lowest BCUT2D eigenvalue weighted by Gasteiger charge is -2.41. The van der Waals surface area contributed by atoms with E-state index in [9.17, 15) is 4.79 Å². The molecule has 2 aliphatic carbocycles. The van der Waals surface area contributed by atoms with Crippen molar-refractivity contribution in [1.29, 1.82) is 0 Å². The summed E-state index contributed by atoms with van der Waals surface area (Å²) in [6.07, 6.45) is 12.4. The zero-order valence-electron chi connectivity index (χ0n) is 19.4. The predicted molar refractivity (Wildman–Crippen MR) is 120 cm³/mol. The Morgan fingerprint density at radius 3 is 2.00 bits per heavy atom. The molecule has 2 heterocycles.